The number of pyridine rings is 1. The van der Waals surface area contributed by atoms with E-state index < -0.39 is 0 Å². The van der Waals surface area contributed by atoms with Gasteiger partial charge in [-0.25, -0.2) is 4.98 Å². The molecular weight excluding hydrogens is 330 g/mol. The Balaban J connectivity index is 1.59. The van der Waals surface area contributed by atoms with Crippen LogP contribution >= 0.6 is 0 Å². The smallest absolute Gasteiger partial charge is 0.257 e. The van der Waals surface area contributed by atoms with E-state index in [1.807, 2.05) is 12.1 Å². The highest BCUT2D eigenvalue weighted by molar-refractivity contribution is 5.96. The first-order valence-electron chi connectivity index (χ1n) is 8.84. The number of rotatable bonds is 6. The molecule has 1 saturated heterocycles. The van der Waals surface area contributed by atoms with E-state index in [1.54, 1.807) is 18.3 Å². The number of amides is 1. The lowest BCUT2D eigenvalue weighted by molar-refractivity contribution is -0.0212. The van der Waals surface area contributed by atoms with E-state index in [0.29, 0.717) is 18.0 Å². The largest absolute Gasteiger partial charge is 0.480 e. The minimum Gasteiger partial charge on any atom is -0.480 e. The van der Waals surface area contributed by atoms with Gasteiger partial charge in [0, 0.05) is 32.4 Å². The molecule has 3 rings (SSSR count). The summed E-state index contributed by atoms with van der Waals surface area (Å²) in [6, 6.07) is 11.7. The number of carbonyl (C=O) groups is 1. The molecule has 1 N–H and O–H groups in total. The van der Waals surface area contributed by atoms with Crippen LogP contribution in [0.3, 0.4) is 0 Å². The number of morpholine rings is 1. The van der Waals surface area contributed by atoms with E-state index in [2.05, 4.69) is 34.3 Å². The van der Waals surface area contributed by atoms with Crippen molar-refractivity contribution < 1.29 is 14.3 Å². The van der Waals surface area contributed by atoms with Crippen LogP contribution in [0.5, 0.6) is 5.88 Å². The molecule has 2 heterocycles. The molecule has 1 unspecified atom stereocenters. The lowest BCUT2D eigenvalue weighted by Crippen LogP contribution is -2.40. The van der Waals surface area contributed by atoms with Gasteiger partial charge in [-0.3, -0.25) is 9.69 Å². The van der Waals surface area contributed by atoms with Gasteiger partial charge in [-0.2, -0.15) is 0 Å². The Morgan fingerprint density at radius 1 is 1.35 bits per heavy atom. The molecule has 26 heavy (non-hydrogen) atoms. The van der Waals surface area contributed by atoms with Crippen LogP contribution in [0.4, 0.5) is 0 Å². The van der Waals surface area contributed by atoms with Crippen LogP contribution in [0.2, 0.25) is 0 Å². The second-order valence-corrected chi connectivity index (χ2v) is 6.48. The molecule has 0 bridgehead atoms. The molecule has 138 valence electrons. The number of nitrogens with zero attached hydrogens (tertiary/aromatic N) is 2. The van der Waals surface area contributed by atoms with Crippen LogP contribution in [-0.4, -0.2) is 48.7 Å². The summed E-state index contributed by atoms with van der Waals surface area (Å²) in [5.74, 6) is 0.141. The molecular formula is C20H25N3O3. The zero-order valence-electron chi connectivity index (χ0n) is 15.3. The molecule has 1 amide bonds. The van der Waals surface area contributed by atoms with Crippen LogP contribution in [0.1, 0.15) is 28.4 Å². The maximum Gasteiger partial charge on any atom is 0.257 e. The Morgan fingerprint density at radius 2 is 2.19 bits per heavy atom. The summed E-state index contributed by atoms with van der Waals surface area (Å²) in [6.45, 7) is 6.14. The first-order chi connectivity index (χ1) is 12.7. The molecule has 1 aromatic carbocycles. The topological polar surface area (TPSA) is 63.7 Å². The average Bonchev–Trinajstić information content (AvgIpc) is 2.66. The number of carbonyl (C=O) groups excluding carboxylic acids is 1. The predicted octanol–water partition coefficient (Wildman–Crippen LogP) is 2.24. The molecule has 0 saturated carbocycles. The van der Waals surface area contributed by atoms with Crippen molar-refractivity contribution in [2.75, 3.05) is 26.8 Å². The number of nitrogens with one attached hydrogen (secondary N) is 1. The molecule has 2 aromatic rings. The fourth-order valence-corrected chi connectivity index (χ4v) is 3.13. The minimum absolute atomic E-state index is 0.192. The average molecular weight is 355 g/mol. The monoisotopic (exact) mass is 355 g/mol. The van der Waals surface area contributed by atoms with Gasteiger partial charge in [-0.15, -0.1) is 0 Å². The molecule has 0 aliphatic carbocycles. The third-order valence-corrected chi connectivity index (χ3v) is 4.38. The summed E-state index contributed by atoms with van der Waals surface area (Å²) in [4.78, 5) is 18.8. The standard InChI is InChI=1S/C20H25N3O3/c1-15-13-23(9-10-26-15)14-17-6-3-5-16(11-17)12-22-19(24)18-7-4-8-21-20(18)25-2/h3-8,11,15H,9-10,12-14H2,1-2H3,(H,22,24). The van der Waals surface area contributed by atoms with E-state index >= 15 is 0 Å². The number of aromatic nitrogens is 1. The maximum atomic E-state index is 12.4. The van der Waals surface area contributed by atoms with Gasteiger partial charge in [0.2, 0.25) is 5.88 Å². The summed E-state index contributed by atoms with van der Waals surface area (Å²) in [5.41, 5.74) is 2.75. The number of hydrogen-bond donors (Lipinski definition) is 1. The highest BCUT2D eigenvalue weighted by Crippen LogP contribution is 2.15. The van der Waals surface area contributed by atoms with Gasteiger partial charge in [0.1, 0.15) is 5.56 Å². The molecule has 0 spiro atoms. The summed E-state index contributed by atoms with van der Waals surface area (Å²) in [7, 11) is 1.51. The van der Waals surface area contributed by atoms with Gasteiger partial charge >= 0.3 is 0 Å². The number of benzene rings is 1. The second kappa shape index (κ2) is 8.78. The third-order valence-electron chi connectivity index (χ3n) is 4.38. The van der Waals surface area contributed by atoms with Crippen molar-refractivity contribution in [1.29, 1.82) is 0 Å². The highest BCUT2D eigenvalue weighted by atomic mass is 16.5. The Morgan fingerprint density at radius 3 is 3.00 bits per heavy atom. The Kier molecular flexibility index (Phi) is 6.20. The van der Waals surface area contributed by atoms with Gasteiger partial charge in [0.05, 0.1) is 19.8 Å². The van der Waals surface area contributed by atoms with Crippen molar-refractivity contribution in [2.24, 2.45) is 0 Å². The molecule has 1 aliphatic rings. The molecule has 6 nitrogen and oxygen atoms in total. The van der Waals surface area contributed by atoms with Crippen LogP contribution in [0, 0.1) is 0 Å². The molecule has 1 fully saturated rings. The van der Waals surface area contributed by atoms with E-state index in [0.717, 1.165) is 31.8 Å². The third kappa shape index (κ3) is 4.80. The molecule has 0 radical (unpaired) electrons. The SMILES string of the molecule is COc1ncccc1C(=O)NCc1cccc(CN2CCOC(C)C2)c1. The Labute approximate surface area is 154 Å². The lowest BCUT2D eigenvalue weighted by atomic mass is 10.1. The van der Waals surface area contributed by atoms with Crippen molar-refractivity contribution in [3.05, 3.63) is 59.3 Å². The summed E-state index contributed by atoms with van der Waals surface area (Å²) < 4.78 is 10.7. The Bertz CT molecular complexity index is 751. The normalized spacial score (nSPS) is 17.7. The van der Waals surface area contributed by atoms with Crippen LogP contribution < -0.4 is 10.1 Å². The summed E-state index contributed by atoms with van der Waals surface area (Å²) in [6.07, 6.45) is 1.88. The molecule has 6 heteroatoms. The van der Waals surface area contributed by atoms with E-state index in [9.17, 15) is 4.79 Å². The molecule has 1 aliphatic heterocycles. The van der Waals surface area contributed by atoms with Gasteiger partial charge < -0.3 is 14.8 Å². The predicted molar refractivity (Wildman–Crippen MR) is 99.1 cm³/mol. The number of methoxy groups -OCH3 is 1. The zero-order chi connectivity index (χ0) is 18.4. The van der Waals surface area contributed by atoms with Gasteiger partial charge in [0.25, 0.3) is 5.91 Å². The fraction of sp³-hybridized carbons (Fsp3) is 0.400. The quantitative estimate of drug-likeness (QED) is 0.861. The van der Waals surface area contributed by atoms with Crippen molar-refractivity contribution in [1.82, 2.24) is 15.2 Å². The summed E-state index contributed by atoms with van der Waals surface area (Å²) >= 11 is 0. The van der Waals surface area contributed by atoms with Crippen molar-refractivity contribution >= 4 is 5.91 Å². The van der Waals surface area contributed by atoms with E-state index in [4.69, 9.17) is 9.47 Å². The number of hydrogen-bond acceptors (Lipinski definition) is 5. The number of ether oxygens (including phenoxy) is 2. The zero-order valence-corrected chi connectivity index (χ0v) is 15.3. The van der Waals surface area contributed by atoms with Crippen LogP contribution in [-0.2, 0) is 17.8 Å². The Hall–Kier alpha value is -2.44. The minimum atomic E-state index is -0.192. The van der Waals surface area contributed by atoms with Gasteiger partial charge in [-0.1, -0.05) is 24.3 Å². The fourth-order valence-electron chi connectivity index (χ4n) is 3.13. The van der Waals surface area contributed by atoms with E-state index in [1.165, 1.54) is 12.7 Å². The van der Waals surface area contributed by atoms with E-state index in [-0.39, 0.29) is 12.0 Å². The lowest BCUT2D eigenvalue weighted by Gasteiger charge is -2.31. The first kappa shape index (κ1) is 18.4. The van der Waals surface area contributed by atoms with Crippen LogP contribution in [0.25, 0.3) is 0 Å². The van der Waals surface area contributed by atoms with Crippen molar-refractivity contribution in [3.8, 4) is 5.88 Å². The first-order valence-corrected chi connectivity index (χ1v) is 8.84. The summed E-state index contributed by atoms with van der Waals surface area (Å²) in [5, 5.41) is 2.94. The van der Waals surface area contributed by atoms with Crippen molar-refractivity contribution in [2.45, 2.75) is 26.1 Å². The van der Waals surface area contributed by atoms with Crippen LogP contribution in [0.15, 0.2) is 42.6 Å². The molecule has 1 aromatic heterocycles. The highest BCUT2D eigenvalue weighted by Gasteiger charge is 2.17. The van der Waals surface area contributed by atoms with Gasteiger partial charge in [-0.05, 0) is 30.2 Å². The second-order valence-electron chi connectivity index (χ2n) is 6.48. The van der Waals surface area contributed by atoms with Crippen molar-refractivity contribution in [3.63, 3.8) is 0 Å². The maximum absolute atomic E-state index is 12.4. The van der Waals surface area contributed by atoms with Gasteiger partial charge in [0.15, 0.2) is 0 Å². The molecule has 1 atom stereocenters.